The summed E-state index contributed by atoms with van der Waals surface area (Å²) in [6, 6.07) is 2.93. The lowest BCUT2D eigenvalue weighted by molar-refractivity contribution is -0.123. The van der Waals surface area contributed by atoms with E-state index in [1.54, 1.807) is 12.4 Å². The van der Waals surface area contributed by atoms with E-state index in [0.717, 1.165) is 5.56 Å². The lowest BCUT2D eigenvalue weighted by atomic mass is 10.1. The number of alkyl halides is 2. The molecule has 1 atom stereocenters. The monoisotopic (exact) mass is 255 g/mol. The van der Waals surface area contributed by atoms with E-state index < -0.39 is 24.9 Å². The van der Waals surface area contributed by atoms with Gasteiger partial charge in [0.25, 0.3) is 5.92 Å². The molecule has 1 saturated heterocycles. The first kappa shape index (κ1) is 12.9. The fraction of sp³-hybridized carbons (Fsp3) is 0.500. The summed E-state index contributed by atoms with van der Waals surface area (Å²) < 4.78 is 25.8. The molecule has 18 heavy (non-hydrogen) atoms. The number of nitrogens with zero attached hydrogens (tertiary/aromatic N) is 1. The minimum Gasteiger partial charge on any atom is -0.354 e. The average molecular weight is 255 g/mol. The highest BCUT2D eigenvalue weighted by Crippen LogP contribution is 2.24. The van der Waals surface area contributed by atoms with Crippen molar-refractivity contribution in [2.75, 3.05) is 13.1 Å². The third-order valence-corrected chi connectivity index (χ3v) is 2.89. The number of rotatable bonds is 4. The third kappa shape index (κ3) is 3.46. The summed E-state index contributed by atoms with van der Waals surface area (Å²) >= 11 is 0. The van der Waals surface area contributed by atoms with Crippen LogP contribution in [-0.4, -0.2) is 35.9 Å². The van der Waals surface area contributed by atoms with Crippen LogP contribution in [0.1, 0.15) is 12.0 Å². The van der Waals surface area contributed by atoms with Gasteiger partial charge in [-0.25, -0.2) is 8.78 Å². The van der Waals surface area contributed by atoms with Gasteiger partial charge < -0.3 is 5.32 Å². The van der Waals surface area contributed by atoms with E-state index >= 15 is 0 Å². The number of halogens is 2. The smallest absolute Gasteiger partial charge is 0.262 e. The molecule has 4 nitrogen and oxygen atoms in total. The molecule has 1 unspecified atom stereocenters. The number of aromatic nitrogens is 1. The minimum atomic E-state index is -2.77. The highest BCUT2D eigenvalue weighted by Gasteiger charge is 2.42. The quantitative estimate of drug-likeness (QED) is 0.834. The van der Waals surface area contributed by atoms with Crippen LogP contribution in [0, 0.1) is 0 Å². The summed E-state index contributed by atoms with van der Waals surface area (Å²) in [5, 5.41) is 5.18. The summed E-state index contributed by atoms with van der Waals surface area (Å²) in [6.45, 7) is 0.0159. The first-order valence-electron chi connectivity index (χ1n) is 5.85. The van der Waals surface area contributed by atoms with Crippen LogP contribution in [0.15, 0.2) is 24.5 Å². The summed E-state index contributed by atoms with van der Waals surface area (Å²) in [5.74, 6) is -3.13. The summed E-state index contributed by atoms with van der Waals surface area (Å²) in [4.78, 5) is 15.5. The normalized spacial score (nSPS) is 21.8. The van der Waals surface area contributed by atoms with Gasteiger partial charge in [0.05, 0.1) is 12.6 Å². The van der Waals surface area contributed by atoms with Crippen LogP contribution in [0.25, 0.3) is 0 Å². The Morgan fingerprint density at radius 2 is 2.22 bits per heavy atom. The van der Waals surface area contributed by atoms with Gasteiger partial charge in [-0.2, -0.15) is 0 Å². The van der Waals surface area contributed by atoms with Crippen LogP contribution in [0.4, 0.5) is 8.78 Å². The lowest BCUT2D eigenvalue weighted by Gasteiger charge is -2.11. The zero-order chi connectivity index (χ0) is 13.0. The Hall–Kier alpha value is -1.56. The number of amides is 1. The Labute approximate surface area is 104 Å². The maximum absolute atomic E-state index is 12.9. The van der Waals surface area contributed by atoms with Crippen molar-refractivity contribution in [2.45, 2.75) is 24.8 Å². The van der Waals surface area contributed by atoms with E-state index in [-0.39, 0.29) is 5.91 Å². The Morgan fingerprint density at radius 3 is 2.83 bits per heavy atom. The molecule has 0 bridgehead atoms. The van der Waals surface area contributed by atoms with Gasteiger partial charge in [0.1, 0.15) is 0 Å². The van der Waals surface area contributed by atoms with Crippen molar-refractivity contribution >= 4 is 5.91 Å². The number of nitrogens with one attached hydrogen (secondary N) is 2. The van der Waals surface area contributed by atoms with E-state index in [2.05, 4.69) is 15.6 Å². The lowest BCUT2D eigenvalue weighted by Crippen LogP contribution is -2.41. The van der Waals surface area contributed by atoms with Crippen molar-refractivity contribution in [1.82, 2.24) is 15.6 Å². The molecule has 6 heteroatoms. The number of carbonyl (C=O) groups is 1. The fourth-order valence-corrected chi connectivity index (χ4v) is 1.90. The topological polar surface area (TPSA) is 54.0 Å². The fourth-order valence-electron chi connectivity index (χ4n) is 1.90. The van der Waals surface area contributed by atoms with Gasteiger partial charge in [-0.3, -0.25) is 15.1 Å². The predicted molar refractivity (Wildman–Crippen MR) is 62.3 cm³/mol. The van der Waals surface area contributed by atoms with Crippen molar-refractivity contribution < 1.29 is 13.6 Å². The molecule has 1 aromatic rings. The number of hydrogen-bond acceptors (Lipinski definition) is 3. The van der Waals surface area contributed by atoms with Gasteiger partial charge in [0.15, 0.2) is 0 Å². The molecule has 1 fully saturated rings. The van der Waals surface area contributed by atoms with E-state index in [1.165, 1.54) is 0 Å². The second-order valence-electron chi connectivity index (χ2n) is 4.39. The summed E-state index contributed by atoms with van der Waals surface area (Å²) in [6.07, 6.45) is 3.60. The van der Waals surface area contributed by atoms with Crippen LogP contribution in [-0.2, 0) is 11.2 Å². The van der Waals surface area contributed by atoms with E-state index in [1.807, 2.05) is 12.1 Å². The Kier molecular flexibility index (Phi) is 3.86. The van der Waals surface area contributed by atoms with Gasteiger partial charge in [0.2, 0.25) is 5.91 Å². The Morgan fingerprint density at radius 1 is 1.50 bits per heavy atom. The molecule has 0 radical (unpaired) electrons. The molecule has 0 spiro atoms. The van der Waals surface area contributed by atoms with Gasteiger partial charge in [-0.1, -0.05) is 0 Å². The van der Waals surface area contributed by atoms with Crippen molar-refractivity contribution in [1.29, 1.82) is 0 Å². The molecule has 1 aromatic heterocycles. The zero-order valence-corrected chi connectivity index (χ0v) is 9.83. The molecule has 0 saturated carbocycles. The highest BCUT2D eigenvalue weighted by molar-refractivity contribution is 5.82. The van der Waals surface area contributed by atoms with Crippen LogP contribution < -0.4 is 10.6 Å². The van der Waals surface area contributed by atoms with Gasteiger partial charge >= 0.3 is 0 Å². The first-order valence-corrected chi connectivity index (χ1v) is 5.85. The number of pyridine rings is 1. The molecule has 0 aromatic carbocycles. The maximum Gasteiger partial charge on any atom is 0.262 e. The van der Waals surface area contributed by atoms with Crippen molar-refractivity contribution in [3.8, 4) is 0 Å². The SMILES string of the molecule is O=C(NCCc1ccncc1)C1CC(F)(F)CN1. The second kappa shape index (κ2) is 5.39. The average Bonchev–Trinajstić information content (AvgIpc) is 2.71. The van der Waals surface area contributed by atoms with Crippen molar-refractivity contribution in [3.63, 3.8) is 0 Å². The highest BCUT2D eigenvalue weighted by atomic mass is 19.3. The molecule has 1 aliphatic heterocycles. The maximum atomic E-state index is 12.9. The molecular weight excluding hydrogens is 240 g/mol. The van der Waals surface area contributed by atoms with Crippen LogP contribution in [0.2, 0.25) is 0 Å². The Balaban J connectivity index is 1.73. The second-order valence-corrected chi connectivity index (χ2v) is 4.39. The molecule has 2 N–H and O–H groups in total. The molecular formula is C12H15F2N3O. The molecule has 1 amide bonds. The molecule has 1 aliphatic rings. The summed E-state index contributed by atoms with van der Waals surface area (Å²) in [5.41, 5.74) is 1.05. The van der Waals surface area contributed by atoms with Crippen molar-refractivity contribution in [3.05, 3.63) is 30.1 Å². The Bertz CT molecular complexity index is 411. The largest absolute Gasteiger partial charge is 0.354 e. The minimum absolute atomic E-state index is 0.360. The number of carbonyl (C=O) groups excluding carboxylic acids is 1. The zero-order valence-electron chi connectivity index (χ0n) is 9.83. The van der Waals surface area contributed by atoms with Crippen LogP contribution in [0.3, 0.4) is 0 Å². The molecule has 2 heterocycles. The van der Waals surface area contributed by atoms with E-state index in [0.29, 0.717) is 13.0 Å². The first-order chi connectivity index (χ1) is 8.57. The van der Waals surface area contributed by atoms with Gasteiger partial charge in [-0.15, -0.1) is 0 Å². The molecule has 0 aliphatic carbocycles. The standard InChI is InChI=1S/C12H15F2N3O/c13-12(14)7-10(17-8-12)11(18)16-6-3-9-1-4-15-5-2-9/h1-2,4-5,10,17H,3,6-8H2,(H,16,18). The van der Waals surface area contributed by atoms with Crippen LogP contribution in [0.5, 0.6) is 0 Å². The van der Waals surface area contributed by atoms with Crippen LogP contribution >= 0.6 is 0 Å². The molecule has 98 valence electrons. The van der Waals surface area contributed by atoms with Gasteiger partial charge in [-0.05, 0) is 24.1 Å². The van der Waals surface area contributed by atoms with E-state index in [4.69, 9.17) is 0 Å². The number of hydrogen-bond donors (Lipinski definition) is 2. The van der Waals surface area contributed by atoms with Gasteiger partial charge in [0, 0.05) is 25.4 Å². The third-order valence-electron chi connectivity index (χ3n) is 2.89. The molecule has 2 rings (SSSR count). The van der Waals surface area contributed by atoms with Crippen molar-refractivity contribution in [2.24, 2.45) is 0 Å². The summed E-state index contributed by atoms with van der Waals surface area (Å²) in [7, 11) is 0. The predicted octanol–water partition coefficient (Wildman–Crippen LogP) is 0.737. The van der Waals surface area contributed by atoms with E-state index in [9.17, 15) is 13.6 Å².